The number of hydrogen-bond donors (Lipinski definition) is 3. The van der Waals surface area contributed by atoms with E-state index in [1.54, 1.807) is 0 Å². The summed E-state index contributed by atoms with van der Waals surface area (Å²) >= 11 is 0. The lowest BCUT2D eigenvalue weighted by atomic mass is 10.0. The number of aliphatic hydroxyl groups is 2. The van der Waals surface area contributed by atoms with E-state index in [9.17, 15) is 19.8 Å². The average molecular weight is 752 g/mol. The molecule has 0 saturated carbocycles. The Morgan fingerprint density at radius 2 is 0.792 bits per heavy atom. The Kier molecular flexibility index (Phi) is 41.1. The van der Waals surface area contributed by atoms with Gasteiger partial charge in [0.2, 0.25) is 5.91 Å². The molecule has 0 spiro atoms. The average Bonchev–Trinajstić information content (AvgIpc) is 3.15. The van der Waals surface area contributed by atoms with Gasteiger partial charge in [0.05, 0.1) is 25.2 Å². The van der Waals surface area contributed by atoms with Gasteiger partial charge in [-0.15, -0.1) is 0 Å². The van der Waals surface area contributed by atoms with Crippen LogP contribution in [-0.4, -0.2) is 46.9 Å². The predicted molar refractivity (Wildman–Crippen MR) is 227 cm³/mol. The Morgan fingerprint density at radius 1 is 0.472 bits per heavy atom. The van der Waals surface area contributed by atoms with Crippen molar-refractivity contribution in [3.05, 3.63) is 0 Å². The number of ether oxygens (including phenoxy) is 1. The molecule has 3 N–H and O–H groups in total. The number of carbonyl (C=O) groups excluding carboxylic acids is 2. The molecule has 6 heteroatoms. The van der Waals surface area contributed by atoms with E-state index >= 15 is 0 Å². The number of aliphatic hydroxyl groups excluding tert-OH is 2. The summed E-state index contributed by atoms with van der Waals surface area (Å²) in [4.78, 5) is 25.9. The van der Waals surface area contributed by atoms with Gasteiger partial charge in [-0.05, 0) is 25.7 Å². The molecule has 0 aliphatic carbocycles. The molecule has 0 fully saturated rings. The third-order valence-corrected chi connectivity index (χ3v) is 11.2. The van der Waals surface area contributed by atoms with Crippen LogP contribution in [0.1, 0.15) is 265 Å². The summed E-state index contributed by atoms with van der Waals surface area (Å²) < 4.78 is 5.88. The van der Waals surface area contributed by atoms with Crippen molar-refractivity contribution in [1.29, 1.82) is 0 Å². The largest absolute Gasteiger partial charge is 0.462 e. The molecular weight excluding hydrogens is 659 g/mol. The van der Waals surface area contributed by atoms with Gasteiger partial charge in [-0.3, -0.25) is 9.59 Å². The van der Waals surface area contributed by atoms with Crippen molar-refractivity contribution in [2.75, 3.05) is 6.61 Å². The van der Waals surface area contributed by atoms with Crippen LogP contribution in [0.15, 0.2) is 0 Å². The Morgan fingerprint density at radius 3 is 1.15 bits per heavy atom. The Bertz CT molecular complexity index is 761. The van der Waals surface area contributed by atoms with Gasteiger partial charge < -0.3 is 20.3 Å². The fraction of sp³-hybridized carbons (Fsp3) is 0.957. The van der Waals surface area contributed by atoms with Crippen LogP contribution in [0.3, 0.4) is 0 Å². The fourth-order valence-electron chi connectivity index (χ4n) is 7.55. The van der Waals surface area contributed by atoms with E-state index in [1.807, 2.05) is 0 Å². The quantitative estimate of drug-likeness (QED) is 0.0426. The minimum Gasteiger partial charge on any atom is -0.462 e. The van der Waals surface area contributed by atoms with Crippen LogP contribution in [-0.2, 0) is 14.3 Å². The number of carbonyl (C=O) groups is 2. The highest BCUT2D eigenvalue weighted by molar-refractivity contribution is 5.77. The van der Waals surface area contributed by atoms with Gasteiger partial charge in [0, 0.05) is 6.42 Å². The molecular formula is C47H93NO5. The van der Waals surface area contributed by atoms with E-state index in [0.29, 0.717) is 19.3 Å². The summed E-state index contributed by atoms with van der Waals surface area (Å²) in [6.45, 7) is 6.46. The standard InChI is InChI=1S/C47H93NO5/c1-4-7-10-13-16-18-20-22-24-25-27-30-33-36-39-45(50)44(42-49)48-46(51)41-43(38-35-32-29-15-12-9-6-3)53-47(52)40-37-34-31-28-26-23-21-19-17-14-11-8-5-2/h43-45,49-50H,4-42H2,1-3H3,(H,48,51). The minimum atomic E-state index is -0.777. The van der Waals surface area contributed by atoms with E-state index in [4.69, 9.17) is 4.74 Å². The second kappa shape index (κ2) is 42.0. The van der Waals surface area contributed by atoms with Crippen LogP contribution < -0.4 is 5.32 Å². The highest BCUT2D eigenvalue weighted by Gasteiger charge is 2.24. The lowest BCUT2D eigenvalue weighted by molar-refractivity contribution is -0.151. The molecule has 3 unspecified atom stereocenters. The van der Waals surface area contributed by atoms with Gasteiger partial charge in [0.15, 0.2) is 0 Å². The van der Waals surface area contributed by atoms with Gasteiger partial charge in [-0.2, -0.15) is 0 Å². The van der Waals surface area contributed by atoms with Crippen LogP contribution in [0.4, 0.5) is 0 Å². The number of amides is 1. The summed E-state index contributed by atoms with van der Waals surface area (Å²) in [5.74, 6) is -0.462. The Labute approximate surface area is 330 Å². The molecule has 0 aromatic rings. The molecule has 1 amide bonds. The molecule has 3 atom stereocenters. The fourth-order valence-corrected chi connectivity index (χ4v) is 7.55. The molecule has 316 valence electrons. The molecule has 0 radical (unpaired) electrons. The van der Waals surface area contributed by atoms with Crippen molar-refractivity contribution in [1.82, 2.24) is 5.32 Å². The topological polar surface area (TPSA) is 95.9 Å². The molecule has 0 aromatic heterocycles. The van der Waals surface area contributed by atoms with Crippen LogP contribution in [0.25, 0.3) is 0 Å². The van der Waals surface area contributed by atoms with E-state index < -0.39 is 18.2 Å². The van der Waals surface area contributed by atoms with Crippen LogP contribution in [0, 0.1) is 0 Å². The van der Waals surface area contributed by atoms with Crippen molar-refractivity contribution in [2.45, 2.75) is 283 Å². The predicted octanol–water partition coefficient (Wildman–Crippen LogP) is 13.6. The second-order valence-electron chi connectivity index (χ2n) is 16.5. The number of unbranched alkanes of at least 4 members (excludes halogenated alkanes) is 31. The highest BCUT2D eigenvalue weighted by Crippen LogP contribution is 2.18. The van der Waals surface area contributed by atoms with Crippen molar-refractivity contribution in [3.8, 4) is 0 Å². The van der Waals surface area contributed by atoms with E-state index in [1.165, 1.54) is 173 Å². The molecule has 0 aromatic carbocycles. The number of rotatable bonds is 43. The normalized spacial score (nSPS) is 13.2. The van der Waals surface area contributed by atoms with Crippen molar-refractivity contribution < 1.29 is 24.5 Å². The van der Waals surface area contributed by atoms with Gasteiger partial charge in [0.25, 0.3) is 0 Å². The summed E-state index contributed by atoms with van der Waals surface area (Å²) in [5.41, 5.74) is 0. The maximum Gasteiger partial charge on any atom is 0.306 e. The van der Waals surface area contributed by atoms with Crippen molar-refractivity contribution in [3.63, 3.8) is 0 Å². The van der Waals surface area contributed by atoms with Gasteiger partial charge >= 0.3 is 5.97 Å². The third-order valence-electron chi connectivity index (χ3n) is 11.2. The maximum absolute atomic E-state index is 13.1. The zero-order valence-corrected chi connectivity index (χ0v) is 35.9. The molecule has 0 saturated heterocycles. The van der Waals surface area contributed by atoms with Crippen molar-refractivity contribution >= 4 is 11.9 Å². The van der Waals surface area contributed by atoms with Crippen molar-refractivity contribution in [2.24, 2.45) is 0 Å². The molecule has 0 aliphatic heterocycles. The van der Waals surface area contributed by atoms with Gasteiger partial charge in [-0.1, -0.05) is 226 Å². The number of hydrogen-bond acceptors (Lipinski definition) is 5. The smallest absolute Gasteiger partial charge is 0.306 e. The first-order chi connectivity index (χ1) is 26.0. The monoisotopic (exact) mass is 752 g/mol. The zero-order valence-electron chi connectivity index (χ0n) is 35.9. The highest BCUT2D eigenvalue weighted by atomic mass is 16.5. The number of nitrogens with one attached hydrogen (secondary N) is 1. The SMILES string of the molecule is CCCCCCCCCCCCCCCCC(O)C(CO)NC(=O)CC(CCCCCCCCC)OC(=O)CCCCCCCCCCCCCCC. The summed E-state index contributed by atoms with van der Waals surface area (Å²) in [7, 11) is 0. The molecule has 53 heavy (non-hydrogen) atoms. The Balaban J connectivity index is 4.36. The molecule has 0 heterocycles. The van der Waals surface area contributed by atoms with Crippen LogP contribution in [0.2, 0.25) is 0 Å². The van der Waals surface area contributed by atoms with Gasteiger partial charge in [-0.25, -0.2) is 0 Å². The summed E-state index contributed by atoms with van der Waals surface area (Å²) in [6.07, 6.45) is 43.1. The minimum absolute atomic E-state index is 0.0856. The lowest BCUT2D eigenvalue weighted by Crippen LogP contribution is -2.46. The van der Waals surface area contributed by atoms with Crippen LogP contribution >= 0.6 is 0 Å². The first kappa shape index (κ1) is 51.9. The number of esters is 1. The first-order valence-electron chi connectivity index (χ1n) is 23.8. The van der Waals surface area contributed by atoms with E-state index in [0.717, 1.165) is 44.9 Å². The molecule has 0 rings (SSSR count). The van der Waals surface area contributed by atoms with E-state index in [-0.39, 0.29) is 24.9 Å². The Hall–Kier alpha value is -1.14. The lowest BCUT2D eigenvalue weighted by Gasteiger charge is -2.24. The molecule has 6 nitrogen and oxygen atoms in total. The maximum atomic E-state index is 13.1. The summed E-state index contributed by atoms with van der Waals surface area (Å²) in [5, 5.41) is 23.6. The summed E-state index contributed by atoms with van der Waals surface area (Å²) in [6, 6.07) is -0.690. The molecule has 0 aliphatic rings. The second-order valence-corrected chi connectivity index (χ2v) is 16.5. The first-order valence-corrected chi connectivity index (χ1v) is 23.8. The zero-order chi connectivity index (χ0) is 38.9. The molecule has 0 bridgehead atoms. The third kappa shape index (κ3) is 37.6. The van der Waals surface area contributed by atoms with Gasteiger partial charge in [0.1, 0.15) is 6.10 Å². The van der Waals surface area contributed by atoms with E-state index in [2.05, 4.69) is 26.1 Å². The van der Waals surface area contributed by atoms with Crippen LogP contribution in [0.5, 0.6) is 0 Å².